The van der Waals surface area contributed by atoms with Gasteiger partial charge in [-0.1, -0.05) is 30.3 Å². The van der Waals surface area contributed by atoms with Crippen LogP contribution in [0, 0.1) is 5.92 Å². The lowest BCUT2D eigenvalue weighted by atomic mass is 9.96. The number of hydrogen-bond acceptors (Lipinski definition) is 3. The number of ether oxygens (including phenoxy) is 1. The summed E-state index contributed by atoms with van der Waals surface area (Å²) in [5, 5.41) is 3.49. The number of rotatable bonds is 8. The molecule has 1 fully saturated rings. The lowest BCUT2D eigenvalue weighted by molar-refractivity contribution is 0.174. The monoisotopic (exact) mass is 276 g/mol. The molecule has 0 bridgehead atoms. The van der Waals surface area contributed by atoms with Crippen LogP contribution in [-0.2, 0) is 11.2 Å². The second-order valence-electron chi connectivity index (χ2n) is 5.72. The van der Waals surface area contributed by atoms with Crippen molar-refractivity contribution in [1.29, 1.82) is 0 Å². The molecule has 112 valence electrons. The summed E-state index contributed by atoms with van der Waals surface area (Å²) in [5.74, 6) is 0.847. The molecule has 0 aromatic heterocycles. The van der Waals surface area contributed by atoms with Crippen LogP contribution in [0.2, 0.25) is 0 Å². The predicted octanol–water partition coefficient (Wildman–Crippen LogP) is 2.18. The zero-order chi connectivity index (χ0) is 14.0. The second-order valence-corrected chi connectivity index (χ2v) is 5.72. The highest BCUT2D eigenvalue weighted by Crippen LogP contribution is 2.16. The summed E-state index contributed by atoms with van der Waals surface area (Å²) in [6.45, 7) is 6.65. The first-order valence-corrected chi connectivity index (χ1v) is 7.84. The van der Waals surface area contributed by atoms with Crippen LogP contribution in [0.15, 0.2) is 30.3 Å². The molecule has 1 N–H and O–H groups in total. The van der Waals surface area contributed by atoms with Gasteiger partial charge in [0.05, 0.1) is 6.61 Å². The average molecular weight is 276 g/mol. The molecule has 3 nitrogen and oxygen atoms in total. The third-order valence-corrected chi connectivity index (χ3v) is 4.18. The van der Waals surface area contributed by atoms with Crippen LogP contribution >= 0.6 is 0 Å². The predicted molar refractivity (Wildman–Crippen MR) is 84.1 cm³/mol. The maximum absolute atomic E-state index is 5.05. The summed E-state index contributed by atoms with van der Waals surface area (Å²) >= 11 is 0. The van der Waals surface area contributed by atoms with Gasteiger partial charge in [0.1, 0.15) is 0 Å². The molecule has 1 heterocycles. The first kappa shape index (κ1) is 15.5. The number of nitrogens with zero attached hydrogens (tertiary/aromatic N) is 1. The SMILES string of the molecule is COCCNCC1CCN(CCc2ccccc2)CC1. The number of hydrogen-bond donors (Lipinski definition) is 1. The molecule has 0 radical (unpaired) electrons. The van der Waals surface area contributed by atoms with Gasteiger partial charge >= 0.3 is 0 Å². The van der Waals surface area contributed by atoms with Gasteiger partial charge in [-0.05, 0) is 50.4 Å². The van der Waals surface area contributed by atoms with Crippen molar-refractivity contribution in [3.05, 3.63) is 35.9 Å². The van der Waals surface area contributed by atoms with Crippen molar-refractivity contribution in [2.24, 2.45) is 5.92 Å². The van der Waals surface area contributed by atoms with E-state index in [1.165, 1.54) is 44.5 Å². The van der Waals surface area contributed by atoms with Crippen LogP contribution in [0.3, 0.4) is 0 Å². The Kier molecular flexibility index (Phi) is 7.06. The van der Waals surface area contributed by atoms with E-state index in [1.807, 2.05) is 0 Å². The van der Waals surface area contributed by atoms with E-state index < -0.39 is 0 Å². The highest BCUT2D eigenvalue weighted by atomic mass is 16.5. The molecular formula is C17H28N2O. The van der Waals surface area contributed by atoms with Gasteiger partial charge in [0, 0.05) is 20.2 Å². The van der Waals surface area contributed by atoms with Crippen LogP contribution < -0.4 is 5.32 Å². The molecule has 0 spiro atoms. The summed E-state index contributed by atoms with van der Waals surface area (Å²) < 4.78 is 5.05. The van der Waals surface area contributed by atoms with Crippen molar-refractivity contribution in [1.82, 2.24) is 10.2 Å². The molecule has 0 unspecified atom stereocenters. The molecule has 0 atom stereocenters. The van der Waals surface area contributed by atoms with Gasteiger partial charge in [-0.3, -0.25) is 0 Å². The van der Waals surface area contributed by atoms with Crippen molar-refractivity contribution in [2.45, 2.75) is 19.3 Å². The fraction of sp³-hybridized carbons (Fsp3) is 0.647. The molecule has 1 aromatic carbocycles. The lowest BCUT2D eigenvalue weighted by Crippen LogP contribution is -2.38. The number of nitrogens with one attached hydrogen (secondary N) is 1. The third-order valence-electron chi connectivity index (χ3n) is 4.18. The zero-order valence-electron chi connectivity index (χ0n) is 12.7. The third kappa shape index (κ3) is 5.61. The highest BCUT2D eigenvalue weighted by Gasteiger charge is 2.18. The van der Waals surface area contributed by atoms with E-state index in [0.29, 0.717) is 0 Å². The summed E-state index contributed by atoms with van der Waals surface area (Å²) in [5.41, 5.74) is 1.45. The maximum atomic E-state index is 5.05. The van der Waals surface area contributed by atoms with Crippen LogP contribution in [0.4, 0.5) is 0 Å². The Hall–Kier alpha value is -0.900. The van der Waals surface area contributed by atoms with Gasteiger partial charge in [0.15, 0.2) is 0 Å². The Bertz CT molecular complexity index is 347. The Morgan fingerprint density at radius 1 is 1.20 bits per heavy atom. The Labute approximate surface area is 123 Å². The van der Waals surface area contributed by atoms with Crippen molar-refractivity contribution in [3.8, 4) is 0 Å². The summed E-state index contributed by atoms with van der Waals surface area (Å²) in [6, 6.07) is 10.8. The number of piperidine rings is 1. The van der Waals surface area contributed by atoms with Crippen molar-refractivity contribution < 1.29 is 4.74 Å². The van der Waals surface area contributed by atoms with Crippen molar-refractivity contribution in [3.63, 3.8) is 0 Å². The zero-order valence-corrected chi connectivity index (χ0v) is 12.7. The molecule has 0 saturated carbocycles. The van der Waals surface area contributed by atoms with Crippen LogP contribution in [0.5, 0.6) is 0 Å². The van der Waals surface area contributed by atoms with Gasteiger partial charge in [0.25, 0.3) is 0 Å². The molecule has 1 saturated heterocycles. The first-order chi connectivity index (χ1) is 9.88. The fourth-order valence-electron chi connectivity index (χ4n) is 2.83. The van der Waals surface area contributed by atoms with Gasteiger partial charge in [-0.25, -0.2) is 0 Å². The first-order valence-electron chi connectivity index (χ1n) is 7.84. The van der Waals surface area contributed by atoms with Crippen molar-refractivity contribution >= 4 is 0 Å². The van der Waals surface area contributed by atoms with Gasteiger partial charge in [-0.15, -0.1) is 0 Å². The Morgan fingerprint density at radius 3 is 2.65 bits per heavy atom. The smallest absolute Gasteiger partial charge is 0.0587 e. The molecule has 1 aliphatic rings. The number of likely N-dealkylation sites (tertiary alicyclic amines) is 1. The van der Waals surface area contributed by atoms with Crippen LogP contribution in [0.25, 0.3) is 0 Å². The minimum Gasteiger partial charge on any atom is -0.383 e. The highest BCUT2D eigenvalue weighted by molar-refractivity contribution is 5.14. The van der Waals surface area contributed by atoms with E-state index >= 15 is 0 Å². The number of benzene rings is 1. The molecule has 2 rings (SSSR count). The molecule has 3 heteroatoms. The van der Waals surface area contributed by atoms with Gasteiger partial charge in [-0.2, -0.15) is 0 Å². The molecule has 1 aromatic rings. The quantitative estimate of drug-likeness (QED) is 0.737. The van der Waals surface area contributed by atoms with Crippen molar-refractivity contribution in [2.75, 3.05) is 46.4 Å². The minimum absolute atomic E-state index is 0.815. The minimum atomic E-state index is 0.815. The summed E-state index contributed by atoms with van der Waals surface area (Å²) in [6.07, 6.45) is 3.83. The lowest BCUT2D eigenvalue weighted by Gasteiger charge is -2.32. The van der Waals surface area contributed by atoms with E-state index in [9.17, 15) is 0 Å². The topological polar surface area (TPSA) is 24.5 Å². The van der Waals surface area contributed by atoms with E-state index in [-0.39, 0.29) is 0 Å². The molecular weight excluding hydrogens is 248 g/mol. The van der Waals surface area contributed by atoms with Gasteiger partial charge < -0.3 is 15.0 Å². The molecule has 1 aliphatic heterocycles. The van der Waals surface area contributed by atoms with E-state index in [4.69, 9.17) is 4.74 Å². The average Bonchev–Trinajstić information content (AvgIpc) is 2.52. The van der Waals surface area contributed by atoms with Crippen LogP contribution in [-0.4, -0.2) is 51.3 Å². The van der Waals surface area contributed by atoms with E-state index in [2.05, 4.69) is 40.5 Å². The second kappa shape index (κ2) is 9.11. The number of methoxy groups -OCH3 is 1. The van der Waals surface area contributed by atoms with Crippen LogP contribution in [0.1, 0.15) is 18.4 Å². The van der Waals surface area contributed by atoms with E-state index in [0.717, 1.165) is 25.6 Å². The standard InChI is InChI=1S/C17H28N2O/c1-20-14-10-18-15-17-8-12-19(13-9-17)11-7-16-5-3-2-4-6-16/h2-6,17-18H,7-15H2,1H3. The van der Waals surface area contributed by atoms with E-state index in [1.54, 1.807) is 7.11 Å². The molecule has 0 amide bonds. The maximum Gasteiger partial charge on any atom is 0.0587 e. The van der Waals surface area contributed by atoms with Gasteiger partial charge in [0.2, 0.25) is 0 Å². The largest absolute Gasteiger partial charge is 0.383 e. The molecule has 20 heavy (non-hydrogen) atoms. The fourth-order valence-corrected chi connectivity index (χ4v) is 2.83. The summed E-state index contributed by atoms with van der Waals surface area (Å²) in [7, 11) is 1.76. The molecule has 0 aliphatic carbocycles. The summed E-state index contributed by atoms with van der Waals surface area (Å²) in [4.78, 5) is 2.61. The normalized spacial score (nSPS) is 17.4. The Balaban J connectivity index is 1.57. The Morgan fingerprint density at radius 2 is 1.95 bits per heavy atom.